The minimum atomic E-state index is -4.49. The predicted octanol–water partition coefficient (Wildman–Crippen LogP) is 14.4. The number of halogens is 3. The summed E-state index contributed by atoms with van der Waals surface area (Å²) in [6.45, 7) is 11.7. The molecule has 0 radical (unpaired) electrons. The van der Waals surface area contributed by atoms with Crippen molar-refractivity contribution in [2.45, 2.75) is 65.3 Å². The molecule has 3 N–H and O–H groups in total. The Kier molecular flexibility index (Phi) is 16.9. The minimum Gasteiger partial charge on any atom is -0.490 e. The van der Waals surface area contributed by atoms with Crippen LogP contribution in [-0.2, 0) is 12.6 Å². The molecule has 19 nitrogen and oxygen atoms in total. The third-order valence-electron chi connectivity index (χ3n) is 14.6. The Balaban J connectivity index is 0.000000128. The number of hydrogen-bond donors (Lipinski definition) is 3. The summed E-state index contributed by atoms with van der Waals surface area (Å²) in [7, 11) is 0. The Morgan fingerprint density at radius 2 is 1.08 bits per heavy atom. The van der Waals surface area contributed by atoms with Crippen molar-refractivity contribution in [2.75, 3.05) is 39.5 Å². The van der Waals surface area contributed by atoms with Gasteiger partial charge in [-0.05, 0) is 130 Å². The van der Waals surface area contributed by atoms with Crippen LogP contribution in [0.2, 0.25) is 0 Å². The maximum absolute atomic E-state index is 13.6. The molecule has 23 heteroatoms. The Hall–Kier alpha value is -9.71. The number of alkyl halides is 3. The molecular weight excluding hydrogens is 1140 g/mol. The Bertz CT molecular complexity index is 4310. The first kappa shape index (κ1) is 57.7. The number of ether oxygens (including phenoxy) is 4. The average Bonchev–Trinajstić information content (AvgIpc) is 2.19. The van der Waals surface area contributed by atoms with Crippen LogP contribution in [0.5, 0.6) is 23.0 Å². The van der Waals surface area contributed by atoms with Crippen molar-refractivity contribution in [3.63, 3.8) is 0 Å². The lowest BCUT2D eigenvalue weighted by Gasteiger charge is -2.24. The van der Waals surface area contributed by atoms with Gasteiger partial charge in [-0.25, -0.2) is 9.97 Å². The zero-order valence-corrected chi connectivity index (χ0v) is 48.5. The van der Waals surface area contributed by atoms with E-state index in [-0.39, 0.29) is 28.3 Å². The number of rotatable bonds is 16. The van der Waals surface area contributed by atoms with Crippen molar-refractivity contribution < 1.29 is 50.8 Å². The lowest BCUT2D eigenvalue weighted by Crippen LogP contribution is -2.26. The summed E-state index contributed by atoms with van der Waals surface area (Å²) in [5, 5.41) is 22.3. The molecule has 0 saturated carbocycles. The van der Waals surface area contributed by atoms with Crippen LogP contribution in [0.25, 0.3) is 101 Å². The van der Waals surface area contributed by atoms with Gasteiger partial charge >= 0.3 is 6.18 Å². The summed E-state index contributed by atoms with van der Waals surface area (Å²) in [5.41, 5.74) is 10.4. The number of nitrogens with one attached hydrogen (secondary N) is 2. The van der Waals surface area contributed by atoms with Crippen molar-refractivity contribution in [1.29, 1.82) is 0 Å². The van der Waals surface area contributed by atoms with E-state index in [9.17, 15) is 18.3 Å². The number of imidazole rings is 2. The van der Waals surface area contributed by atoms with E-state index in [0.717, 1.165) is 71.2 Å². The molecule has 2 atom stereocenters. The van der Waals surface area contributed by atoms with Crippen LogP contribution < -0.4 is 18.9 Å². The number of fused-ring (bicyclic) bond motifs is 3. The van der Waals surface area contributed by atoms with E-state index in [2.05, 4.69) is 68.5 Å². The number of likely N-dealkylation sites (tertiary alicyclic amines) is 1. The third-order valence-corrected chi connectivity index (χ3v) is 15.8. The number of para-hydroxylation sites is 2. The van der Waals surface area contributed by atoms with Gasteiger partial charge in [0.2, 0.25) is 17.5 Å². The fraction of sp³-hybridized carbons (Fsp3) is 0.250. The molecule has 14 rings (SSSR count). The number of nitrogens with zero attached hydrogens (tertiary/aromatic N) is 9. The van der Waals surface area contributed by atoms with Gasteiger partial charge in [0.25, 0.3) is 17.7 Å². The number of aliphatic hydroxyl groups is 1. The van der Waals surface area contributed by atoms with Crippen LogP contribution >= 0.6 is 11.3 Å². The van der Waals surface area contributed by atoms with E-state index in [4.69, 9.17) is 37.5 Å². The van der Waals surface area contributed by atoms with Gasteiger partial charge in [0.1, 0.15) is 4.88 Å². The minimum absolute atomic E-state index is 0.0326. The molecule has 87 heavy (non-hydrogen) atoms. The van der Waals surface area contributed by atoms with Crippen LogP contribution in [0, 0.1) is 0 Å². The highest BCUT2D eigenvalue weighted by molar-refractivity contribution is 7.16. The maximum Gasteiger partial charge on any atom is 0.426 e. The van der Waals surface area contributed by atoms with Crippen LogP contribution in [0.15, 0.2) is 154 Å². The SMILES string of the molecule is CCOc1ccc(-c2nc(-c3cccc4[nH]cnc34)no2)cc1OCC.CCOc1ccc(-c2nc(-c3cccc4c3CCC4N3CC[C@@H](O)C3)no2)cc1OCC.FC(F)(F)c1sc(-c2nc(-c3cccc4[nH]cnc34)no2)cc1-c1ccccc1. The number of aliphatic hydroxyl groups excluding tert-OH is 1. The van der Waals surface area contributed by atoms with E-state index >= 15 is 0 Å². The maximum atomic E-state index is 13.6. The summed E-state index contributed by atoms with van der Waals surface area (Å²) in [5.74, 6) is 4.98. The topological polar surface area (TPSA) is 235 Å². The number of β-amino-alcohol motifs (C(OH)–C–C–N with tert-alkyl or cyclic N) is 1. The normalized spacial score (nSPS) is 14.8. The summed E-state index contributed by atoms with van der Waals surface area (Å²) in [6, 6.07) is 39.0. The van der Waals surface area contributed by atoms with Gasteiger partial charge in [-0.2, -0.15) is 28.1 Å². The summed E-state index contributed by atoms with van der Waals surface area (Å²) < 4.78 is 79.8. The molecule has 0 bridgehead atoms. The van der Waals surface area contributed by atoms with Gasteiger partial charge in [0.15, 0.2) is 23.0 Å². The molecule has 1 aliphatic carbocycles. The fourth-order valence-electron chi connectivity index (χ4n) is 10.8. The molecule has 0 amide bonds. The lowest BCUT2D eigenvalue weighted by molar-refractivity contribution is -0.133. The Morgan fingerprint density at radius 3 is 1.62 bits per heavy atom. The second-order valence-corrected chi connectivity index (χ2v) is 21.2. The average molecular weight is 1200 g/mol. The largest absolute Gasteiger partial charge is 0.490 e. The van der Waals surface area contributed by atoms with E-state index in [1.54, 1.807) is 49.1 Å². The Labute approximate surface area is 500 Å². The van der Waals surface area contributed by atoms with E-state index in [1.165, 1.54) is 17.2 Å². The number of aromatic nitrogens is 10. The van der Waals surface area contributed by atoms with Gasteiger partial charge in [-0.15, -0.1) is 11.3 Å². The first-order valence-electron chi connectivity index (χ1n) is 28.5. The fourth-order valence-corrected chi connectivity index (χ4v) is 11.8. The van der Waals surface area contributed by atoms with Gasteiger partial charge in [-0.3, -0.25) is 4.90 Å². The van der Waals surface area contributed by atoms with Crippen molar-refractivity contribution in [3.8, 4) is 102 Å². The summed E-state index contributed by atoms with van der Waals surface area (Å²) >= 11 is 0.585. The van der Waals surface area contributed by atoms with Gasteiger partial charge in [0.05, 0.1) is 83.3 Å². The monoisotopic (exact) mass is 1200 g/mol. The number of H-pyrrole nitrogens is 2. The second kappa shape index (κ2) is 25.5. The summed E-state index contributed by atoms with van der Waals surface area (Å²) in [4.78, 5) is 30.2. The predicted molar refractivity (Wildman–Crippen MR) is 321 cm³/mol. The number of benzene rings is 6. The third kappa shape index (κ3) is 12.3. The molecular formula is C64H58F3N11O8S. The van der Waals surface area contributed by atoms with Gasteiger partial charge in [0, 0.05) is 41.4 Å². The molecule has 2 aliphatic rings. The highest BCUT2D eigenvalue weighted by Gasteiger charge is 2.38. The number of thiophene rings is 1. The standard InChI is InChI=1S/C25H29N3O4.C20H11F3N4OS.C19H18N4O3/c1-3-30-22-11-8-16(14-23(22)31-4-2)25-26-24(27-32-25)20-7-5-6-19-18(20)9-10-21(19)28-13-12-17(29)15-28;21-20(22,23)17-13(11-5-2-1-3-6-11)9-15(29-17)19-26-18(27-28-19)12-7-4-8-14-16(12)25-10-24-14;1-3-24-15-9-8-12(10-16(15)25-4-2)19-22-18(23-26-19)13-6-5-7-14-17(13)21-11-20-14/h5-8,11,14,17,21,29H,3-4,9-10,12-13,15H2,1-2H3;1-10H,(H,24,25);5-11H,3-4H2,1-2H3,(H,20,21)/t17-,21?;;/m1../s1. The molecule has 444 valence electrons. The molecule has 0 spiro atoms. The smallest absolute Gasteiger partial charge is 0.426 e. The molecule has 12 aromatic rings. The number of aromatic amines is 2. The molecule has 1 aliphatic heterocycles. The Morgan fingerprint density at radius 1 is 0.563 bits per heavy atom. The first-order valence-corrected chi connectivity index (χ1v) is 29.3. The van der Waals surface area contributed by atoms with Crippen LogP contribution in [0.4, 0.5) is 13.2 Å². The highest BCUT2D eigenvalue weighted by atomic mass is 32.1. The molecule has 6 aromatic heterocycles. The molecule has 1 saturated heterocycles. The van der Waals surface area contributed by atoms with E-state index in [0.29, 0.717) is 107 Å². The zero-order chi connectivity index (χ0) is 60.0. The molecule has 1 fully saturated rings. The molecule has 7 heterocycles. The number of hydrogen-bond acceptors (Lipinski definition) is 18. The van der Waals surface area contributed by atoms with Gasteiger partial charge in [-0.1, -0.05) is 76.1 Å². The van der Waals surface area contributed by atoms with Crippen LogP contribution in [0.3, 0.4) is 0 Å². The lowest BCUT2D eigenvalue weighted by atomic mass is 10.0. The van der Waals surface area contributed by atoms with Crippen molar-refractivity contribution in [1.82, 2.24) is 55.3 Å². The van der Waals surface area contributed by atoms with Crippen molar-refractivity contribution in [3.05, 3.63) is 156 Å². The highest BCUT2D eigenvalue weighted by Crippen LogP contribution is 2.47. The quantitative estimate of drug-likeness (QED) is 0.0815. The van der Waals surface area contributed by atoms with Crippen LogP contribution in [0.1, 0.15) is 62.6 Å². The van der Waals surface area contributed by atoms with Gasteiger partial charge < -0.3 is 47.6 Å². The first-order chi connectivity index (χ1) is 42.5. The summed E-state index contributed by atoms with van der Waals surface area (Å²) in [6.07, 6.45) is 1.39. The van der Waals surface area contributed by atoms with Crippen molar-refractivity contribution >= 4 is 33.4 Å². The van der Waals surface area contributed by atoms with E-state index < -0.39 is 11.1 Å². The van der Waals surface area contributed by atoms with Crippen LogP contribution in [-0.4, -0.2) is 106 Å². The van der Waals surface area contributed by atoms with E-state index in [1.807, 2.05) is 94.4 Å². The molecule has 6 aromatic carbocycles. The zero-order valence-electron chi connectivity index (χ0n) is 47.7. The molecule has 1 unspecified atom stereocenters. The van der Waals surface area contributed by atoms with Crippen molar-refractivity contribution in [2.24, 2.45) is 0 Å². The second-order valence-electron chi connectivity index (χ2n) is 20.1.